The Balaban J connectivity index is 1.35. The molecule has 43 heavy (non-hydrogen) atoms. The molecule has 248 valence electrons. The lowest BCUT2D eigenvalue weighted by Gasteiger charge is -2.58. The minimum Gasteiger partial charge on any atom is -0.462 e. The van der Waals surface area contributed by atoms with E-state index < -0.39 is 0 Å². The molecule has 4 aliphatic carbocycles. The van der Waals surface area contributed by atoms with Gasteiger partial charge >= 0.3 is 5.97 Å². The molecule has 3 fully saturated rings. The summed E-state index contributed by atoms with van der Waals surface area (Å²) in [7, 11) is 0. The first-order valence-corrected chi connectivity index (χ1v) is 19.5. The maximum absolute atomic E-state index is 13.5. The van der Waals surface area contributed by atoms with E-state index in [1.807, 2.05) is 0 Å². The fourth-order valence-corrected chi connectivity index (χ4v) is 11.0. The number of carbonyl (C=O) groups excluding carboxylic acids is 1. The maximum atomic E-state index is 13.5. The van der Waals surface area contributed by atoms with Crippen LogP contribution >= 0.6 is 0 Å². The molecule has 3 saturated carbocycles. The van der Waals surface area contributed by atoms with E-state index in [4.69, 9.17) is 4.74 Å². The van der Waals surface area contributed by atoms with Crippen molar-refractivity contribution in [2.24, 2.45) is 52.3 Å². The van der Waals surface area contributed by atoms with Gasteiger partial charge in [0.1, 0.15) is 6.10 Å². The number of carbonyl (C=O) groups is 1. The van der Waals surface area contributed by atoms with E-state index in [9.17, 15) is 4.79 Å². The van der Waals surface area contributed by atoms with Crippen molar-refractivity contribution in [3.63, 3.8) is 0 Å². The second kappa shape index (κ2) is 16.2. The van der Waals surface area contributed by atoms with E-state index in [1.54, 1.807) is 5.57 Å². The van der Waals surface area contributed by atoms with Crippen molar-refractivity contribution in [1.29, 1.82) is 0 Å². The first-order valence-electron chi connectivity index (χ1n) is 19.5. The average Bonchev–Trinajstić information content (AvgIpc) is 3.33. The van der Waals surface area contributed by atoms with Gasteiger partial charge in [-0.3, -0.25) is 4.79 Å². The summed E-state index contributed by atoms with van der Waals surface area (Å²) in [4.78, 5) is 13.5. The molecular formula is C41H72O2. The molecular weight excluding hydrogens is 524 g/mol. The van der Waals surface area contributed by atoms with Gasteiger partial charge in [0.15, 0.2) is 0 Å². The fourth-order valence-electron chi connectivity index (χ4n) is 11.0. The highest BCUT2D eigenvalue weighted by atomic mass is 16.5. The number of allylic oxidation sites excluding steroid dienone is 1. The summed E-state index contributed by atoms with van der Waals surface area (Å²) in [5, 5.41) is 0. The van der Waals surface area contributed by atoms with E-state index in [0.29, 0.717) is 10.8 Å². The number of ether oxygens (including phenoxy) is 1. The molecule has 4 rings (SSSR count). The molecule has 0 saturated heterocycles. The number of hydrogen-bond donors (Lipinski definition) is 0. The summed E-state index contributed by atoms with van der Waals surface area (Å²) in [6.45, 7) is 17.2. The van der Waals surface area contributed by atoms with E-state index >= 15 is 0 Å². The molecule has 2 nitrogen and oxygen atoms in total. The first kappa shape index (κ1) is 35.1. The lowest BCUT2D eigenvalue weighted by atomic mass is 9.47. The van der Waals surface area contributed by atoms with E-state index in [-0.39, 0.29) is 18.0 Å². The third kappa shape index (κ3) is 8.33. The molecule has 0 N–H and O–H groups in total. The summed E-state index contributed by atoms with van der Waals surface area (Å²) >= 11 is 0. The molecule has 0 aliphatic heterocycles. The number of fused-ring (bicyclic) bond motifs is 5. The Labute approximate surface area is 268 Å². The summed E-state index contributed by atoms with van der Waals surface area (Å²) in [6.07, 6.45) is 29.4. The Bertz CT molecular complexity index is 888. The van der Waals surface area contributed by atoms with Crippen molar-refractivity contribution in [1.82, 2.24) is 0 Å². The van der Waals surface area contributed by atoms with Gasteiger partial charge in [0.2, 0.25) is 0 Å². The third-order valence-electron chi connectivity index (χ3n) is 13.7. The number of unbranched alkanes of at least 4 members (excludes halogenated alkanes) is 6. The lowest BCUT2D eigenvalue weighted by Crippen LogP contribution is -2.51. The highest BCUT2D eigenvalue weighted by Gasteiger charge is 2.59. The second-order valence-corrected chi connectivity index (χ2v) is 17.0. The zero-order chi connectivity index (χ0) is 31.0. The van der Waals surface area contributed by atoms with Gasteiger partial charge in [0.05, 0.1) is 5.92 Å². The third-order valence-corrected chi connectivity index (χ3v) is 13.7. The molecule has 0 aromatic heterocycles. The topological polar surface area (TPSA) is 26.3 Å². The molecule has 4 aliphatic rings. The van der Waals surface area contributed by atoms with E-state index in [0.717, 1.165) is 61.2 Å². The van der Waals surface area contributed by atoms with Crippen LogP contribution in [0.1, 0.15) is 183 Å². The molecule has 5 unspecified atom stereocenters. The smallest absolute Gasteiger partial charge is 0.309 e. The lowest BCUT2D eigenvalue weighted by molar-refractivity contribution is -0.157. The zero-order valence-electron chi connectivity index (χ0n) is 29.9. The normalized spacial score (nSPS) is 35.1. The standard InChI is InChI=1S/C41H72O2/c1-8-10-12-13-15-20-32(19-14-11-9-2)39(42)43-34-25-27-40(6)33(29-34)21-22-35-37-24-23-36(31(5)18-16-17-30(3)4)41(37,7)28-26-38(35)40/h21,30-32,34-38H,8-20,22-29H2,1-7H3/t31-,32?,34?,35?,36-,37?,38?,40+,41-/m1/s1. The van der Waals surface area contributed by atoms with Crippen LogP contribution in [0.2, 0.25) is 0 Å². The Morgan fingerprint density at radius 2 is 1.51 bits per heavy atom. The van der Waals surface area contributed by atoms with E-state index in [2.05, 4.69) is 54.5 Å². The SMILES string of the molecule is CCCCCCCC(CCCCC)C(=O)OC1CC[C@@]2(C)C(=CCC3C2CC[C@@]2(C)C3CC[C@@H]2[C@H](C)CCCC(C)C)C1. The van der Waals surface area contributed by atoms with Crippen LogP contribution in [0.3, 0.4) is 0 Å². The summed E-state index contributed by atoms with van der Waals surface area (Å²) in [5.74, 6) is 5.50. The van der Waals surface area contributed by atoms with Gasteiger partial charge in [-0.1, -0.05) is 131 Å². The summed E-state index contributed by atoms with van der Waals surface area (Å²) < 4.78 is 6.39. The Kier molecular flexibility index (Phi) is 13.2. The quantitative estimate of drug-likeness (QED) is 0.0948. The molecule has 0 bridgehead atoms. The van der Waals surface area contributed by atoms with Crippen LogP contribution in [-0.4, -0.2) is 12.1 Å². The number of hydrogen-bond acceptors (Lipinski definition) is 2. The summed E-state index contributed by atoms with van der Waals surface area (Å²) in [5.41, 5.74) is 2.53. The largest absolute Gasteiger partial charge is 0.462 e. The molecule has 2 heteroatoms. The van der Waals surface area contributed by atoms with Gasteiger partial charge in [-0.15, -0.1) is 0 Å². The van der Waals surface area contributed by atoms with Crippen LogP contribution in [0.25, 0.3) is 0 Å². The predicted molar refractivity (Wildman–Crippen MR) is 184 cm³/mol. The number of rotatable bonds is 17. The highest BCUT2D eigenvalue weighted by Crippen LogP contribution is 2.67. The van der Waals surface area contributed by atoms with Crippen molar-refractivity contribution >= 4 is 5.97 Å². The Morgan fingerprint density at radius 1 is 0.814 bits per heavy atom. The minimum absolute atomic E-state index is 0.105. The van der Waals surface area contributed by atoms with Gasteiger partial charge in [0, 0.05) is 6.42 Å². The van der Waals surface area contributed by atoms with Gasteiger partial charge in [-0.05, 0) is 104 Å². The fraction of sp³-hybridized carbons (Fsp3) is 0.927. The molecule has 9 atom stereocenters. The van der Waals surface area contributed by atoms with Crippen LogP contribution in [0.5, 0.6) is 0 Å². The maximum Gasteiger partial charge on any atom is 0.309 e. The Morgan fingerprint density at radius 3 is 2.23 bits per heavy atom. The molecule has 0 aromatic rings. The van der Waals surface area contributed by atoms with Gasteiger partial charge in [0.25, 0.3) is 0 Å². The molecule has 0 spiro atoms. The number of esters is 1. The predicted octanol–water partition coefficient (Wildman–Crippen LogP) is 12.5. The van der Waals surface area contributed by atoms with Crippen molar-refractivity contribution in [3.8, 4) is 0 Å². The van der Waals surface area contributed by atoms with Crippen LogP contribution in [0, 0.1) is 52.3 Å². The molecule has 0 aromatic carbocycles. The zero-order valence-corrected chi connectivity index (χ0v) is 29.9. The van der Waals surface area contributed by atoms with Crippen LogP contribution in [0.15, 0.2) is 11.6 Å². The van der Waals surface area contributed by atoms with Gasteiger partial charge < -0.3 is 4.74 Å². The average molecular weight is 597 g/mol. The van der Waals surface area contributed by atoms with Gasteiger partial charge in [-0.2, -0.15) is 0 Å². The van der Waals surface area contributed by atoms with Crippen LogP contribution in [0.4, 0.5) is 0 Å². The Hall–Kier alpha value is -0.790. The first-order chi connectivity index (χ1) is 20.6. The van der Waals surface area contributed by atoms with Crippen LogP contribution < -0.4 is 0 Å². The van der Waals surface area contributed by atoms with Crippen molar-refractivity contribution in [3.05, 3.63) is 11.6 Å². The van der Waals surface area contributed by atoms with Crippen molar-refractivity contribution in [2.75, 3.05) is 0 Å². The second-order valence-electron chi connectivity index (χ2n) is 17.0. The van der Waals surface area contributed by atoms with Crippen LogP contribution in [-0.2, 0) is 9.53 Å². The molecule has 0 radical (unpaired) electrons. The van der Waals surface area contributed by atoms with Gasteiger partial charge in [-0.25, -0.2) is 0 Å². The van der Waals surface area contributed by atoms with Crippen molar-refractivity contribution < 1.29 is 9.53 Å². The highest BCUT2D eigenvalue weighted by molar-refractivity contribution is 5.72. The molecule has 0 amide bonds. The molecule has 0 heterocycles. The van der Waals surface area contributed by atoms with Crippen molar-refractivity contribution in [2.45, 2.75) is 189 Å². The monoisotopic (exact) mass is 597 g/mol. The van der Waals surface area contributed by atoms with E-state index in [1.165, 1.54) is 109 Å². The summed E-state index contributed by atoms with van der Waals surface area (Å²) in [6, 6.07) is 0. The minimum atomic E-state index is 0.105.